The molecular weight excluding hydrogens is 272 g/mol. The second-order valence-corrected chi connectivity index (χ2v) is 5.93. The van der Waals surface area contributed by atoms with E-state index >= 15 is 0 Å². The first-order valence-electron chi connectivity index (χ1n) is 6.99. The van der Waals surface area contributed by atoms with Gasteiger partial charge in [-0.1, -0.05) is 18.1 Å². The normalized spacial score (nSPS) is 12.6. The standard InChI is InChI=1S/C14H22N4OS/c1-4-7-15-10-13-16-17-14(19-13)18(3)11(2)9-12-6-5-8-20-12/h5-6,8,11,15H,4,7,9-10H2,1-3H3. The molecule has 0 saturated carbocycles. The van der Waals surface area contributed by atoms with Crippen molar-refractivity contribution in [1.82, 2.24) is 15.5 Å². The molecule has 2 rings (SSSR count). The van der Waals surface area contributed by atoms with Crippen LogP contribution in [0.2, 0.25) is 0 Å². The van der Waals surface area contributed by atoms with Gasteiger partial charge in [0.2, 0.25) is 5.89 Å². The Kier molecular flexibility index (Phi) is 5.55. The Balaban J connectivity index is 1.89. The Hall–Kier alpha value is -1.40. The fourth-order valence-electron chi connectivity index (χ4n) is 1.88. The second-order valence-electron chi connectivity index (χ2n) is 4.90. The van der Waals surface area contributed by atoms with E-state index in [9.17, 15) is 0 Å². The van der Waals surface area contributed by atoms with Gasteiger partial charge in [-0.05, 0) is 31.3 Å². The van der Waals surface area contributed by atoms with Gasteiger partial charge in [-0.15, -0.1) is 16.4 Å². The summed E-state index contributed by atoms with van der Waals surface area (Å²) in [6, 6.07) is 5.15. The molecule has 20 heavy (non-hydrogen) atoms. The molecule has 1 atom stereocenters. The van der Waals surface area contributed by atoms with Crippen molar-refractivity contribution in [2.24, 2.45) is 0 Å². The Morgan fingerprint density at radius 3 is 3.00 bits per heavy atom. The zero-order chi connectivity index (χ0) is 14.4. The average molecular weight is 294 g/mol. The predicted octanol–water partition coefficient (Wildman–Crippen LogP) is 2.70. The van der Waals surface area contributed by atoms with E-state index < -0.39 is 0 Å². The number of nitrogens with zero attached hydrogens (tertiary/aromatic N) is 3. The van der Waals surface area contributed by atoms with Crippen LogP contribution in [0.4, 0.5) is 6.01 Å². The summed E-state index contributed by atoms with van der Waals surface area (Å²) in [7, 11) is 2.00. The third-order valence-corrected chi connectivity index (χ3v) is 4.10. The van der Waals surface area contributed by atoms with Crippen LogP contribution < -0.4 is 10.2 Å². The summed E-state index contributed by atoms with van der Waals surface area (Å²) in [4.78, 5) is 3.41. The lowest BCUT2D eigenvalue weighted by Gasteiger charge is -2.21. The topological polar surface area (TPSA) is 54.2 Å². The number of aromatic nitrogens is 2. The van der Waals surface area contributed by atoms with E-state index in [-0.39, 0.29) is 0 Å². The molecule has 2 heterocycles. The molecule has 2 aromatic heterocycles. The monoisotopic (exact) mass is 294 g/mol. The third kappa shape index (κ3) is 4.05. The molecule has 0 aliphatic heterocycles. The minimum absolute atomic E-state index is 0.325. The van der Waals surface area contributed by atoms with Gasteiger partial charge >= 0.3 is 6.01 Å². The van der Waals surface area contributed by atoms with Crippen molar-refractivity contribution in [2.45, 2.75) is 39.3 Å². The van der Waals surface area contributed by atoms with Crippen molar-refractivity contribution in [2.75, 3.05) is 18.5 Å². The SMILES string of the molecule is CCCNCc1nnc(N(C)C(C)Cc2cccs2)o1. The van der Waals surface area contributed by atoms with Gasteiger partial charge in [-0.2, -0.15) is 0 Å². The fourth-order valence-corrected chi connectivity index (χ4v) is 2.70. The quantitative estimate of drug-likeness (QED) is 0.759. The van der Waals surface area contributed by atoms with E-state index in [4.69, 9.17) is 4.42 Å². The van der Waals surface area contributed by atoms with Crippen LogP contribution in [-0.2, 0) is 13.0 Å². The Morgan fingerprint density at radius 1 is 1.45 bits per heavy atom. The molecule has 0 radical (unpaired) electrons. The summed E-state index contributed by atoms with van der Waals surface area (Å²) in [5, 5.41) is 13.5. The molecule has 0 aliphatic carbocycles. The van der Waals surface area contributed by atoms with Gasteiger partial charge < -0.3 is 14.6 Å². The lowest BCUT2D eigenvalue weighted by molar-refractivity contribution is 0.456. The molecule has 0 bridgehead atoms. The molecule has 0 spiro atoms. The molecule has 0 fully saturated rings. The van der Waals surface area contributed by atoms with Gasteiger partial charge in [0.1, 0.15) is 0 Å². The van der Waals surface area contributed by atoms with E-state index in [1.807, 2.05) is 11.9 Å². The largest absolute Gasteiger partial charge is 0.407 e. The Morgan fingerprint density at radius 2 is 2.30 bits per heavy atom. The molecule has 6 heteroatoms. The maximum Gasteiger partial charge on any atom is 0.318 e. The number of anilines is 1. The third-order valence-electron chi connectivity index (χ3n) is 3.20. The van der Waals surface area contributed by atoms with Crippen molar-refractivity contribution in [3.63, 3.8) is 0 Å². The summed E-state index contributed by atoms with van der Waals surface area (Å²) in [6.45, 7) is 5.89. The van der Waals surface area contributed by atoms with Crippen molar-refractivity contribution < 1.29 is 4.42 Å². The van der Waals surface area contributed by atoms with Crippen LogP contribution in [0.1, 0.15) is 31.0 Å². The van der Waals surface area contributed by atoms with E-state index in [1.54, 1.807) is 11.3 Å². The number of nitrogens with one attached hydrogen (secondary N) is 1. The van der Waals surface area contributed by atoms with Crippen LogP contribution in [0.15, 0.2) is 21.9 Å². The lowest BCUT2D eigenvalue weighted by Crippen LogP contribution is -2.30. The molecule has 0 saturated heterocycles. The first-order valence-corrected chi connectivity index (χ1v) is 7.87. The molecule has 110 valence electrons. The molecule has 1 N–H and O–H groups in total. The van der Waals surface area contributed by atoms with Crippen molar-refractivity contribution in [1.29, 1.82) is 0 Å². The smallest absolute Gasteiger partial charge is 0.318 e. The molecule has 5 nitrogen and oxygen atoms in total. The molecule has 1 unspecified atom stereocenters. The lowest BCUT2D eigenvalue weighted by atomic mass is 10.2. The molecule has 2 aromatic rings. The first kappa shape index (κ1) is 15.0. The fraction of sp³-hybridized carbons (Fsp3) is 0.571. The maximum atomic E-state index is 5.68. The zero-order valence-electron chi connectivity index (χ0n) is 12.3. The number of likely N-dealkylation sites (N-methyl/N-ethyl adjacent to an activating group) is 1. The van der Waals surface area contributed by atoms with Crippen molar-refractivity contribution >= 4 is 17.4 Å². The van der Waals surface area contributed by atoms with Crippen LogP contribution in [-0.4, -0.2) is 29.8 Å². The van der Waals surface area contributed by atoms with Crippen molar-refractivity contribution in [3.05, 3.63) is 28.3 Å². The average Bonchev–Trinajstić information content (AvgIpc) is 3.09. The summed E-state index contributed by atoms with van der Waals surface area (Å²) in [5.74, 6) is 0.642. The highest BCUT2D eigenvalue weighted by Gasteiger charge is 2.17. The van der Waals surface area contributed by atoms with Gasteiger partial charge in [0.05, 0.1) is 6.54 Å². The van der Waals surface area contributed by atoms with Crippen LogP contribution in [0.3, 0.4) is 0 Å². The van der Waals surface area contributed by atoms with Gasteiger partial charge in [0.15, 0.2) is 0 Å². The zero-order valence-corrected chi connectivity index (χ0v) is 13.1. The highest BCUT2D eigenvalue weighted by molar-refractivity contribution is 7.09. The van der Waals surface area contributed by atoms with Gasteiger partial charge in [0.25, 0.3) is 0 Å². The van der Waals surface area contributed by atoms with Crippen LogP contribution in [0.5, 0.6) is 0 Å². The molecule has 0 amide bonds. The maximum absolute atomic E-state index is 5.68. The van der Waals surface area contributed by atoms with Gasteiger partial charge in [-0.25, -0.2) is 0 Å². The summed E-state index contributed by atoms with van der Waals surface area (Å²) >= 11 is 1.78. The second kappa shape index (κ2) is 7.40. The highest BCUT2D eigenvalue weighted by atomic mass is 32.1. The summed E-state index contributed by atoms with van der Waals surface area (Å²) in [5.41, 5.74) is 0. The first-order chi connectivity index (χ1) is 9.70. The number of rotatable bonds is 8. The van der Waals surface area contributed by atoms with Gasteiger partial charge in [-0.3, -0.25) is 0 Å². The summed E-state index contributed by atoms with van der Waals surface area (Å²) < 4.78 is 5.68. The summed E-state index contributed by atoms with van der Waals surface area (Å²) in [6.07, 6.45) is 2.08. The number of hydrogen-bond donors (Lipinski definition) is 1. The molecular formula is C14H22N4OS. The Labute approximate surface area is 124 Å². The van der Waals surface area contributed by atoms with E-state index in [0.29, 0.717) is 24.5 Å². The highest BCUT2D eigenvalue weighted by Crippen LogP contribution is 2.18. The molecule has 0 aromatic carbocycles. The van der Waals surface area contributed by atoms with E-state index in [0.717, 1.165) is 19.4 Å². The molecule has 0 aliphatic rings. The van der Waals surface area contributed by atoms with E-state index in [2.05, 4.69) is 46.9 Å². The number of hydrogen-bond acceptors (Lipinski definition) is 6. The minimum atomic E-state index is 0.325. The van der Waals surface area contributed by atoms with E-state index in [1.165, 1.54) is 4.88 Å². The Bertz CT molecular complexity index is 497. The van der Waals surface area contributed by atoms with Crippen LogP contribution in [0.25, 0.3) is 0 Å². The van der Waals surface area contributed by atoms with Gasteiger partial charge in [0, 0.05) is 24.4 Å². The van der Waals surface area contributed by atoms with Crippen molar-refractivity contribution in [3.8, 4) is 0 Å². The van der Waals surface area contributed by atoms with Crippen LogP contribution >= 0.6 is 11.3 Å². The number of thiophene rings is 1. The minimum Gasteiger partial charge on any atom is -0.407 e. The predicted molar refractivity (Wildman–Crippen MR) is 82.2 cm³/mol. The van der Waals surface area contributed by atoms with Crippen LogP contribution in [0, 0.1) is 0 Å².